The third-order valence-corrected chi connectivity index (χ3v) is 4.52. The molecule has 0 aromatic heterocycles. The van der Waals surface area contributed by atoms with Gasteiger partial charge < -0.3 is 5.32 Å². The lowest BCUT2D eigenvalue weighted by atomic mass is 10.1. The molecule has 0 spiro atoms. The largest absolute Gasteiger partial charge is 0.355 e. The minimum Gasteiger partial charge on any atom is -0.355 e. The number of benzene rings is 2. The van der Waals surface area contributed by atoms with Gasteiger partial charge in [-0.25, -0.2) is 0 Å². The number of amides is 1. The average Bonchev–Trinajstić information content (AvgIpc) is 2.58. The van der Waals surface area contributed by atoms with E-state index in [2.05, 4.69) is 48.6 Å². The Hall–Kier alpha value is -1.74. The fourth-order valence-corrected chi connectivity index (χ4v) is 2.95. The zero-order valence-corrected chi connectivity index (χ0v) is 13.9. The van der Waals surface area contributed by atoms with E-state index in [9.17, 15) is 4.79 Å². The summed E-state index contributed by atoms with van der Waals surface area (Å²) in [7, 11) is 0. The Labute approximate surface area is 137 Å². The van der Waals surface area contributed by atoms with Crippen molar-refractivity contribution in [1.29, 1.82) is 0 Å². The van der Waals surface area contributed by atoms with Crippen LogP contribution in [0.15, 0.2) is 59.5 Å². The molecule has 1 N–H and O–H groups in total. The van der Waals surface area contributed by atoms with Crippen molar-refractivity contribution >= 4 is 17.7 Å². The number of hydrogen-bond acceptors (Lipinski definition) is 2. The molecule has 2 nitrogen and oxygen atoms in total. The van der Waals surface area contributed by atoms with Gasteiger partial charge in [0, 0.05) is 23.6 Å². The quantitative estimate of drug-likeness (QED) is 0.587. The van der Waals surface area contributed by atoms with Crippen LogP contribution in [0.1, 0.15) is 24.5 Å². The number of hydrogen-bond donors (Lipinski definition) is 1. The van der Waals surface area contributed by atoms with Crippen molar-refractivity contribution in [3.05, 3.63) is 65.7 Å². The summed E-state index contributed by atoms with van der Waals surface area (Å²) in [5.41, 5.74) is 2.57. The Morgan fingerprint density at radius 3 is 2.36 bits per heavy atom. The Morgan fingerprint density at radius 2 is 1.68 bits per heavy atom. The molecule has 3 heteroatoms. The maximum Gasteiger partial charge on any atom is 0.220 e. The fourth-order valence-electron chi connectivity index (χ4n) is 2.16. The first-order valence-electron chi connectivity index (χ1n) is 7.80. The summed E-state index contributed by atoms with van der Waals surface area (Å²) in [6, 6.07) is 18.8. The van der Waals surface area contributed by atoms with Crippen LogP contribution >= 0.6 is 11.8 Å². The van der Waals surface area contributed by atoms with Crippen LogP contribution in [0.3, 0.4) is 0 Å². The molecule has 0 radical (unpaired) electrons. The molecular formula is C19H23NOS. The van der Waals surface area contributed by atoms with E-state index in [1.165, 1.54) is 16.0 Å². The minimum atomic E-state index is 0.133. The average molecular weight is 313 g/mol. The highest BCUT2D eigenvalue weighted by molar-refractivity contribution is 7.99. The monoisotopic (exact) mass is 313 g/mol. The first-order chi connectivity index (χ1) is 10.8. The van der Waals surface area contributed by atoms with Gasteiger partial charge in [-0.05, 0) is 36.1 Å². The van der Waals surface area contributed by atoms with E-state index < -0.39 is 0 Å². The molecule has 2 rings (SSSR count). The molecule has 0 aliphatic heterocycles. The molecule has 0 aliphatic rings. The summed E-state index contributed by atoms with van der Waals surface area (Å²) in [6.07, 6.45) is 2.42. The van der Waals surface area contributed by atoms with E-state index >= 15 is 0 Å². The first-order valence-corrected chi connectivity index (χ1v) is 8.79. The summed E-state index contributed by atoms with van der Waals surface area (Å²) in [5.74, 6) is 1.04. The smallest absolute Gasteiger partial charge is 0.220 e. The molecule has 0 aliphatic carbocycles. The summed E-state index contributed by atoms with van der Waals surface area (Å²) in [5, 5.41) is 2.99. The lowest BCUT2D eigenvalue weighted by Gasteiger charge is -2.06. The number of carbonyl (C=O) groups is 1. The number of thioether (sulfide) groups is 1. The summed E-state index contributed by atoms with van der Waals surface area (Å²) in [6.45, 7) is 2.86. The second-order valence-corrected chi connectivity index (χ2v) is 6.35. The highest BCUT2D eigenvalue weighted by Crippen LogP contribution is 2.15. The van der Waals surface area contributed by atoms with Crippen molar-refractivity contribution in [1.82, 2.24) is 5.32 Å². The van der Waals surface area contributed by atoms with Crippen LogP contribution < -0.4 is 5.32 Å². The van der Waals surface area contributed by atoms with Crippen LogP contribution in [0.25, 0.3) is 0 Å². The molecule has 0 unspecified atom stereocenters. The predicted molar refractivity (Wildman–Crippen MR) is 94.3 cm³/mol. The van der Waals surface area contributed by atoms with Crippen LogP contribution in [0.4, 0.5) is 0 Å². The zero-order valence-electron chi connectivity index (χ0n) is 13.0. The van der Waals surface area contributed by atoms with Gasteiger partial charge in [0.1, 0.15) is 0 Å². The normalized spacial score (nSPS) is 10.4. The van der Waals surface area contributed by atoms with E-state index in [1.54, 1.807) is 11.8 Å². The van der Waals surface area contributed by atoms with Crippen LogP contribution in [0.5, 0.6) is 0 Å². The predicted octanol–water partition coefficient (Wildman–Crippen LogP) is 4.09. The highest BCUT2D eigenvalue weighted by Gasteiger charge is 2.02. The molecule has 2 aromatic carbocycles. The van der Waals surface area contributed by atoms with Gasteiger partial charge in [0.2, 0.25) is 5.91 Å². The number of rotatable bonds is 8. The third-order valence-electron chi connectivity index (χ3n) is 3.51. The van der Waals surface area contributed by atoms with E-state index in [4.69, 9.17) is 0 Å². The molecule has 0 saturated carbocycles. The Bertz CT molecular complexity index is 566. The molecule has 22 heavy (non-hydrogen) atoms. The lowest BCUT2D eigenvalue weighted by molar-refractivity contribution is -0.120. The molecule has 0 bridgehead atoms. The SMILES string of the molecule is CCc1ccc(CCC(=O)NCCSc2ccccc2)cc1. The summed E-state index contributed by atoms with van der Waals surface area (Å²) in [4.78, 5) is 13.1. The molecular weight excluding hydrogens is 290 g/mol. The number of aryl methyl sites for hydroxylation is 2. The highest BCUT2D eigenvalue weighted by atomic mass is 32.2. The Kier molecular flexibility index (Phi) is 7.04. The van der Waals surface area contributed by atoms with Crippen LogP contribution in [0.2, 0.25) is 0 Å². The molecule has 116 valence electrons. The fraction of sp³-hybridized carbons (Fsp3) is 0.316. The van der Waals surface area contributed by atoms with E-state index in [0.717, 1.165) is 18.6 Å². The van der Waals surface area contributed by atoms with Gasteiger partial charge in [-0.1, -0.05) is 49.4 Å². The third kappa shape index (κ3) is 5.94. The van der Waals surface area contributed by atoms with Gasteiger partial charge in [-0.15, -0.1) is 11.8 Å². The Balaban J connectivity index is 1.61. The zero-order chi connectivity index (χ0) is 15.6. The van der Waals surface area contributed by atoms with Crippen molar-refractivity contribution in [3.63, 3.8) is 0 Å². The van der Waals surface area contributed by atoms with E-state index in [-0.39, 0.29) is 5.91 Å². The maximum absolute atomic E-state index is 11.8. The van der Waals surface area contributed by atoms with Crippen molar-refractivity contribution in [2.75, 3.05) is 12.3 Å². The van der Waals surface area contributed by atoms with Crippen molar-refractivity contribution < 1.29 is 4.79 Å². The first kappa shape index (κ1) is 16.6. The van der Waals surface area contributed by atoms with Gasteiger partial charge in [0.05, 0.1) is 0 Å². The second kappa shape index (κ2) is 9.31. The van der Waals surface area contributed by atoms with E-state index in [1.807, 2.05) is 18.2 Å². The van der Waals surface area contributed by atoms with Gasteiger partial charge >= 0.3 is 0 Å². The van der Waals surface area contributed by atoms with Crippen molar-refractivity contribution in [2.45, 2.75) is 31.1 Å². The van der Waals surface area contributed by atoms with E-state index in [0.29, 0.717) is 13.0 Å². The van der Waals surface area contributed by atoms with Gasteiger partial charge in [-0.2, -0.15) is 0 Å². The van der Waals surface area contributed by atoms with Crippen molar-refractivity contribution in [3.8, 4) is 0 Å². The lowest BCUT2D eigenvalue weighted by Crippen LogP contribution is -2.25. The second-order valence-electron chi connectivity index (χ2n) is 5.18. The molecule has 2 aromatic rings. The van der Waals surface area contributed by atoms with Gasteiger partial charge in [0.15, 0.2) is 0 Å². The molecule has 0 atom stereocenters. The molecule has 0 saturated heterocycles. The molecule has 0 fully saturated rings. The Morgan fingerprint density at radius 1 is 1.00 bits per heavy atom. The number of carbonyl (C=O) groups excluding carboxylic acids is 1. The summed E-state index contributed by atoms with van der Waals surface area (Å²) >= 11 is 1.77. The standard InChI is InChI=1S/C19H23NOS/c1-2-16-8-10-17(11-9-16)12-13-19(21)20-14-15-22-18-6-4-3-5-7-18/h3-11H,2,12-15H2,1H3,(H,20,21). The van der Waals surface area contributed by atoms with Crippen LogP contribution in [0, 0.1) is 0 Å². The minimum absolute atomic E-state index is 0.133. The molecule has 0 heterocycles. The van der Waals surface area contributed by atoms with Crippen LogP contribution in [-0.2, 0) is 17.6 Å². The topological polar surface area (TPSA) is 29.1 Å². The van der Waals surface area contributed by atoms with Gasteiger partial charge in [0.25, 0.3) is 0 Å². The number of nitrogens with one attached hydrogen (secondary N) is 1. The van der Waals surface area contributed by atoms with Crippen molar-refractivity contribution in [2.24, 2.45) is 0 Å². The maximum atomic E-state index is 11.8. The molecule has 1 amide bonds. The van der Waals surface area contributed by atoms with Crippen LogP contribution in [-0.4, -0.2) is 18.2 Å². The summed E-state index contributed by atoms with van der Waals surface area (Å²) < 4.78 is 0. The van der Waals surface area contributed by atoms with Gasteiger partial charge in [-0.3, -0.25) is 4.79 Å².